The molecule has 1 aliphatic carbocycles. The van der Waals surface area contributed by atoms with E-state index in [9.17, 15) is 5.11 Å². The highest BCUT2D eigenvalue weighted by molar-refractivity contribution is 5.17. The number of nitrogens with zero attached hydrogens (tertiary/aromatic N) is 3. The molecular formula is C14H23N3O. The largest absolute Gasteiger partial charge is 0.389 e. The Hall–Kier alpha value is -1.16. The smallest absolute Gasteiger partial charge is 0.138 e. The van der Waals surface area contributed by atoms with Crippen molar-refractivity contribution in [3.8, 4) is 0 Å². The van der Waals surface area contributed by atoms with Gasteiger partial charge in [-0.15, -0.1) is 0 Å². The van der Waals surface area contributed by atoms with Crippen LogP contribution < -0.4 is 0 Å². The molecule has 0 amide bonds. The lowest BCUT2D eigenvalue weighted by molar-refractivity contribution is 0.138. The Labute approximate surface area is 109 Å². The fourth-order valence-electron chi connectivity index (χ4n) is 2.80. The van der Waals surface area contributed by atoms with Crippen LogP contribution in [0.4, 0.5) is 0 Å². The van der Waals surface area contributed by atoms with E-state index in [1.165, 1.54) is 5.57 Å². The summed E-state index contributed by atoms with van der Waals surface area (Å²) in [5, 5.41) is 14.2. The van der Waals surface area contributed by atoms with Gasteiger partial charge in [0.2, 0.25) is 0 Å². The second-order valence-electron chi connectivity index (χ2n) is 6.33. The highest BCUT2D eigenvalue weighted by Crippen LogP contribution is 2.36. The first-order valence-electron chi connectivity index (χ1n) is 6.63. The standard InChI is InChI=1S/C14H23N3O/c1-10(2)17-13(15-9-16-17)6-11-5-12(18)8-14(3,4)7-11/h5,9-10,12,18H,6-8H2,1-4H3. The van der Waals surface area contributed by atoms with Crippen LogP contribution in [0.1, 0.15) is 52.4 Å². The zero-order chi connectivity index (χ0) is 13.3. The van der Waals surface area contributed by atoms with Crippen molar-refractivity contribution in [3.05, 3.63) is 23.8 Å². The summed E-state index contributed by atoms with van der Waals surface area (Å²) in [5.41, 5.74) is 1.44. The summed E-state index contributed by atoms with van der Waals surface area (Å²) < 4.78 is 1.95. The molecule has 4 heteroatoms. The van der Waals surface area contributed by atoms with Crippen LogP contribution in [0.2, 0.25) is 0 Å². The van der Waals surface area contributed by atoms with Crippen LogP contribution in [0.25, 0.3) is 0 Å². The molecular weight excluding hydrogens is 226 g/mol. The van der Waals surface area contributed by atoms with Crippen molar-refractivity contribution in [2.75, 3.05) is 0 Å². The minimum Gasteiger partial charge on any atom is -0.389 e. The molecule has 100 valence electrons. The molecule has 4 nitrogen and oxygen atoms in total. The third-order valence-electron chi connectivity index (χ3n) is 3.42. The van der Waals surface area contributed by atoms with Crippen LogP contribution in [-0.4, -0.2) is 26.0 Å². The van der Waals surface area contributed by atoms with Gasteiger partial charge in [-0.2, -0.15) is 5.10 Å². The summed E-state index contributed by atoms with van der Waals surface area (Å²) in [7, 11) is 0. The lowest BCUT2D eigenvalue weighted by Gasteiger charge is -2.32. The van der Waals surface area contributed by atoms with Gasteiger partial charge in [0.1, 0.15) is 12.2 Å². The molecule has 0 bridgehead atoms. The minimum absolute atomic E-state index is 0.173. The van der Waals surface area contributed by atoms with Crippen molar-refractivity contribution < 1.29 is 5.11 Å². The Morgan fingerprint density at radius 1 is 1.50 bits per heavy atom. The van der Waals surface area contributed by atoms with Crippen molar-refractivity contribution in [1.29, 1.82) is 0 Å². The lowest BCUT2D eigenvalue weighted by Crippen LogP contribution is -2.26. The summed E-state index contributed by atoms with van der Waals surface area (Å²) in [6.07, 6.45) is 5.94. The molecule has 1 aromatic heterocycles. The number of aliphatic hydroxyl groups excluding tert-OH is 1. The second kappa shape index (κ2) is 4.84. The van der Waals surface area contributed by atoms with Gasteiger partial charge < -0.3 is 5.11 Å². The van der Waals surface area contributed by atoms with E-state index in [1.54, 1.807) is 6.33 Å². The molecule has 0 fully saturated rings. The minimum atomic E-state index is -0.320. The molecule has 1 heterocycles. The Bertz CT molecular complexity index is 446. The van der Waals surface area contributed by atoms with E-state index in [0.29, 0.717) is 6.04 Å². The Morgan fingerprint density at radius 3 is 2.83 bits per heavy atom. The van der Waals surface area contributed by atoms with Crippen LogP contribution in [0.15, 0.2) is 18.0 Å². The van der Waals surface area contributed by atoms with Gasteiger partial charge in [-0.1, -0.05) is 25.5 Å². The molecule has 0 aliphatic heterocycles. The van der Waals surface area contributed by atoms with Crippen LogP contribution in [-0.2, 0) is 6.42 Å². The first-order valence-corrected chi connectivity index (χ1v) is 6.63. The second-order valence-corrected chi connectivity index (χ2v) is 6.33. The summed E-state index contributed by atoms with van der Waals surface area (Å²) in [4.78, 5) is 4.33. The quantitative estimate of drug-likeness (QED) is 0.837. The number of hydrogen-bond donors (Lipinski definition) is 1. The van der Waals surface area contributed by atoms with Crippen LogP contribution >= 0.6 is 0 Å². The van der Waals surface area contributed by atoms with Gasteiger partial charge in [0.05, 0.1) is 6.10 Å². The maximum Gasteiger partial charge on any atom is 0.138 e. The SMILES string of the molecule is CC(C)n1ncnc1CC1=CC(O)CC(C)(C)C1. The molecule has 18 heavy (non-hydrogen) atoms. The molecule has 1 aliphatic rings. The fraction of sp³-hybridized carbons (Fsp3) is 0.714. The first-order chi connectivity index (χ1) is 8.37. The van der Waals surface area contributed by atoms with Gasteiger partial charge in [0.25, 0.3) is 0 Å². The number of hydrogen-bond acceptors (Lipinski definition) is 3. The molecule has 0 saturated heterocycles. The van der Waals surface area contributed by atoms with Crippen molar-refractivity contribution in [3.63, 3.8) is 0 Å². The van der Waals surface area contributed by atoms with Gasteiger partial charge in [-0.05, 0) is 32.1 Å². The maximum atomic E-state index is 9.90. The lowest BCUT2D eigenvalue weighted by atomic mass is 9.75. The van der Waals surface area contributed by atoms with E-state index < -0.39 is 0 Å². The summed E-state index contributed by atoms with van der Waals surface area (Å²) in [5.74, 6) is 0.987. The molecule has 1 N–H and O–H groups in total. The average molecular weight is 249 g/mol. The van der Waals surface area contributed by atoms with E-state index in [0.717, 1.165) is 25.1 Å². The van der Waals surface area contributed by atoms with E-state index in [2.05, 4.69) is 37.8 Å². The zero-order valence-electron chi connectivity index (χ0n) is 11.7. The Kier molecular flexibility index (Phi) is 3.57. The van der Waals surface area contributed by atoms with Gasteiger partial charge in [-0.3, -0.25) is 0 Å². The average Bonchev–Trinajstić information content (AvgIpc) is 2.62. The van der Waals surface area contributed by atoms with Gasteiger partial charge in [-0.25, -0.2) is 9.67 Å². The summed E-state index contributed by atoms with van der Waals surface area (Å²) in [6.45, 7) is 8.62. The molecule has 1 aromatic rings. The Morgan fingerprint density at radius 2 is 2.22 bits per heavy atom. The van der Waals surface area contributed by atoms with Crippen LogP contribution in [0.3, 0.4) is 0 Å². The molecule has 0 spiro atoms. The van der Waals surface area contributed by atoms with Crippen molar-refractivity contribution in [2.24, 2.45) is 5.41 Å². The van der Waals surface area contributed by atoms with E-state index in [4.69, 9.17) is 0 Å². The topological polar surface area (TPSA) is 50.9 Å². The zero-order valence-corrected chi connectivity index (χ0v) is 11.7. The van der Waals surface area contributed by atoms with E-state index in [1.807, 2.05) is 10.8 Å². The molecule has 0 radical (unpaired) electrons. The number of aromatic nitrogens is 3. The predicted molar refractivity (Wildman–Crippen MR) is 71.2 cm³/mol. The van der Waals surface area contributed by atoms with Crippen molar-refractivity contribution in [2.45, 2.75) is 59.1 Å². The fourth-order valence-corrected chi connectivity index (χ4v) is 2.80. The van der Waals surface area contributed by atoms with Crippen LogP contribution in [0, 0.1) is 5.41 Å². The first kappa shape index (κ1) is 13.3. The normalized spacial score (nSPS) is 23.2. The molecule has 2 rings (SSSR count). The van der Waals surface area contributed by atoms with Gasteiger partial charge in [0.15, 0.2) is 0 Å². The predicted octanol–water partition coefficient (Wildman–Crippen LogP) is 2.51. The third kappa shape index (κ3) is 2.99. The molecule has 1 unspecified atom stereocenters. The van der Waals surface area contributed by atoms with Crippen molar-refractivity contribution in [1.82, 2.24) is 14.8 Å². The molecule has 1 atom stereocenters. The molecule has 0 aromatic carbocycles. The number of allylic oxidation sites excluding steroid dienone is 1. The number of aliphatic hydroxyl groups is 1. The monoisotopic (exact) mass is 249 g/mol. The maximum absolute atomic E-state index is 9.90. The highest BCUT2D eigenvalue weighted by atomic mass is 16.3. The number of rotatable bonds is 3. The third-order valence-corrected chi connectivity index (χ3v) is 3.42. The Balaban J connectivity index is 2.16. The van der Waals surface area contributed by atoms with Gasteiger partial charge >= 0.3 is 0 Å². The van der Waals surface area contributed by atoms with Crippen molar-refractivity contribution >= 4 is 0 Å². The molecule has 0 saturated carbocycles. The summed E-state index contributed by atoms with van der Waals surface area (Å²) in [6, 6.07) is 0.324. The van der Waals surface area contributed by atoms with Crippen LogP contribution in [0.5, 0.6) is 0 Å². The summed E-state index contributed by atoms with van der Waals surface area (Å²) >= 11 is 0. The van der Waals surface area contributed by atoms with Gasteiger partial charge in [0, 0.05) is 12.5 Å². The highest BCUT2D eigenvalue weighted by Gasteiger charge is 2.28. The van der Waals surface area contributed by atoms with E-state index >= 15 is 0 Å². The van der Waals surface area contributed by atoms with E-state index in [-0.39, 0.29) is 11.5 Å².